The summed E-state index contributed by atoms with van der Waals surface area (Å²) in [5.41, 5.74) is 0.580. The topological polar surface area (TPSA) is 154 Å². The number of Topliss-reactive ketones (excluding diaryl/α,β-unsaturated/α-hetero) is 1. The number of methoxy groups -OCH3 is 2. The number of esters is 2. The van der Waals surface area contributed by atoms with Gasteiger partial charge in [-0.05, 0) is 44.7 Å². The number of rotatable bonds is 6. The van der Waals surface area contributed by atoms with Crippen LogP contribution >= 0.6 is 0 Å². The average Bonchev–Trinajstić information content (AvgIpc) is 2.77. The zero-order chi connectivity index (χ0) is 26.2. The Morgan fingerprint density at radius 3 is 2.46 bits per heavy atom. The van der Waals surface area contributed by atoms with Gasteiger partial charge in [-0.1, -0.05) is 6.92 Å². The van der Waals surface area contributed by atoms with Gasteiger partial charge in [0, 0.05) is 29.0 Å². The number of aromatic hydroxyl groups is 1. The predicted octanol–water partition coefficient (Wildman–Crippen LogP) is 2.87. The number of nitro groups is 1. The maximum atomic E-state index is 13.7. The van der Waals surface area contributed by atoms with Crippen LogP contribution < -0.4 is 10.1 Å². The molecule has 3 rings (SSSR count). The number of carbonyl (C=O) groups excluding carboxylic acids is 3. The Bertz CT molecular complexity index is 1170. The molecule has 11 heteroatoms. The van der Waals surface area contributed by atoms with E-state index in [0.29, 0.717) is 17.8 Å². The van der Waals surface area contributed by atoms with Crippen LogP contribution in [0.1, 0.15) is 45.6 Å². The highest BCUT2D eigenvalue weighted by Gasteiger charge is 2.47. The van der Waals surface area contributed by atoms with Crippen molar-refractivity contribution in [2.75, 3.05) is 14.2 Å². The van der Waals surface area contributed by atoms with E-state index in [1.54, 1.807) is 27.7 Å². The first-order valence-electron chi connectivity index (χ1n) is 11.0. The minimum atomic E-state index is -1.11. The minimum Gasteiger partial charge on any atom is -0.500 e. The lowest BCUT2D eigenvalue weighted by Gasteiger charge is -2.38. The number of dihydropyridines is 1. The summed E-state index contributed by atoms with van der Waals surface area (Å²) in [5.74, 6) is -5.49. The molecule has 3 atom stereocenters. The van der Waals surface area contributed by atoms with E-state index in [-0.39, 0.29) is 28.4 Å². The molecule has 0 amide bonds. The molecule has 0 saturated carbocycles. The molecule has 0 unspecified atom stereocenters. The monoisotopic (exact) mass is 488 g/mol. The number of benzene rings is 1. The van der Waals surface area contributed by atoms with Crippen LogP contribution in [-0.2, 0) is 23.9 Å². The van der Waals surface area contributed by atoms with Crippen molar-refractivity contribution in [1.82, 2.24) is 5.32 Å². The third-order valence-electron chi connectivity index (χ3n) is 6.13. The van der Waals surface area contributed by atoms with E-state index < -0.39 is 52.0 Å². The Morgan fingerprint density at radius 1 is 1.26 bits per heavy atom. The van der Waals surface area contributed by atoms with Crippen LogP contribution in [-0.4, -0.2) is 48.1 Å². The van der Waals surface area contributed by atoms with Crippen LogP contribution in [0.5, 0.6) is 11.5 Å². The van der Waals surface area contributed by atoms with Gasteiger partial charge in [0.2, 0.25) is 5.75 Å². The van der Waals surface area contributed by atoms with Crippen molar-refractivity contribution in [3.05, 3.63) is 50.4 Å². The highest BCUT2D eigenvalue weighted by atomic mass is 16.6. The summed E-state index contributed by atoms with van der Waals surface area (Å²) in [6.45, 7) is 6.72. The molecule has 1 heterocycles. The minimum absolute atomic E-state index is 0.0611. The van der Waals surface area contributed by atoms with Gasteiger partial charge in [0.1, 0.15) is 5.92 Å². The maximum absolute atomic E-state index is 13.7. The first-order chi connectivity index (χ1) is 16.4. The molecule has 0 radical (unpaired) electrons. The standard InChI is InChI=1S/C24H28N2O9/c1-10(2)35-24(30)18-12(4)25-14-7-11(3)17(23(29)34-6)22(28)20(14)19(18)13-8-15(26(31)32)21(27)16(9-13)33-5/h8-11,17,19,25,27H,7H2,1-6H3/t11-,17-,19+/m0/s1. The lowest BCUT2D eigenvalue weighted by Crippen LogP contribution is -2.43. The Labute approximate surface area is 201 Å². The number of carbonyl (C=O) groups is 3. The van der Waals surface area contributed by atoms with Gasteiger partial charge in [0.25, 0.3) is 0 Å². The lowest BCUT2D eigenvalue weighted by molar-refractivity contribution is -0.386. The van der Waals surface area contributed by atoms with E-state index in [1.165, 1.54) is 20.3 Å². The molecule has 11 nitrogen and oxygen atoms in total. The average molecular weight is 488 g/mol. The first kappa shape index (κ1) is 25.7. The molecule has 0 bridgehead atoms. The van der Waals surface area contributed by atoms with Crippen LogP contribution in [0.4, 0.5) is 5.69 Å². The van der Waals surface area contributed by atoms with E-state index in [9.17, 15) is 29.6 Å². The summed E-state index contributed by atoms with van der Waals surface area (Å²) in [6, 6.07) is 2.42. The van der Waals surface area contributed by atoms with Gasteiger partial charge in [-0.25, -0.2) is 4.79 Å². The van der Waals surface area contributed by atoms with E-state index in [0.717, 1.165) is 6.07 Å². The van der Waals surface area contributed by atoms with E-state index >= 15 is 0 Å². The zero-order valence-electron chi connectivity index (χ0n) is 20.3. The molecule has 0 fully saturated rings. The summed E-state index contributed by atoms with van der Waals surface area (Å²) in [4.78, 5) is 50.3. The van der Waals surface area contributed by atoms with Crippen LogP contribution in [0.25, 0.3) is 0 Å². The molecular weight excluding hydrogens is 460 g/mol. The van der Waals surface area contributed by atoms with E-state index in [4.69, 9.17) is 14.2 Å². The van der Waals surface area contributed by atoms with Crippen LogP contribution in [0, 0.1) is 22.0 Å². The normalized spacial score (nSPS) is 21.9. The number of nitrogens with zero attached hydrogens (tertiary/aromatic N) is 1. The van der Waals surface area contributed by atoms with Gasteiger partial charge < -0.3 is 24.6 Å². The Balaban J connectivity index is 2.32. The third-order valence-corrected chi connectivity index (χ3v) is 6.13. The second-order valence-electron chi connectivity index (χ2n) is 8.84. The maximum Gasteiger partial charge on any atom is 0.337 e. The molecule has 188 valence electrons. The third kappa shape index (κ3) is 4.58. The molecule has 1 aliphatic carbocycles. The molecule has 0 saturated heterocycles. The van der Waals surface area contributed by atoms with Crippen molar-refractivity contribution < 1.29 is 38.6 Å². The van der Waals surface area contributed by atoms with Crippen LogP contribution in [0.2, 0.25) is 0 Å². The van der Waals surface area contributed by atoms with Gasteiger partial charge >= 0.3 is 17.6 Å². The fourth-order valence-corrected chi connectivity index (χ4v) is 4.64. The fraction of sp³-hybridized carbons (Fsp3) is 0.458. The smallest absolute Gasteiger partial charge is 0.337 e. The fourth-order valence-electron chi connectivity index (χ4n) is 4.64. The van der Waals surface area contributed by atoms with Gasteiger partial charge in [0.15, 0.2) is 11.5 Å². The molecule has 1 aromatic rings. The molecule has 1 aliphatic heterocycles. The van der Waals surface area contributed by atoms with Crippen molar-refractivity contribution in [2.45, 2.75) is 46.1 Å². The second kappa shape index (κ2) is 9.77. The lowest BCUT2D eigenvalue weighted by atomic mass is 9.69. The number of hydrogen-bond acceptors (Lipinski definition) is 10. The molecule has 1 aromatic carbocycles. The molecule has 2 N–H and O–H groups in total. The second-order valence-corrected chi connectivity index (χ2v) is 8.84. The Kier molecular flexibility index (Phi) is 7.18. The number of ether oxygens (including phenoxy) is 3. The highest BCUT2D eigenvalue weighted by Crippen LogP contribution is 2.48. The van der Waals surface area contributed by atoms with Crippen molar-refractivity contribution >= 4 is 23.4 Å². The summed E-state index contributed by atoms with van der Waals surface area (Å²) >= 11 is 0. The van der Waals surface area contributed by atoms with Gasteiger partial charge in [-0.15, -0.1) is 0 Å². The number of phenolic OH excluding ortho intramolecular Hbond substituents is 1. The van der Waals surface area contributed by atoms with Crippen molar-refractivity contribution in [3.63, 3.8) is 0 Å². The van der Waals surface area contributed by atoms with Crippen LogP contribution in [0.15, 0.2) is 34.7 Å². The summed E-state index contributed by atoms with van der Waals surface area (Å²) in [6.07, 6.45) is -0.175. The number of nitro benzene ring substituents is 1. The Morgan fingerprint density at radius 2 is 1.91 bits per heavy atom. The quantitative estimate of drug-likeness (QED) is 0.264. The van der Waals surface area contributed by atoms with Crippen LogP contribution in [0.3, 0.4) is 0 Å². The van der Waals surface area contributed by atoms with Gasteiger partial charge in [0.05, 0.1) is 30.8 Å². The van der Waals surface area contributed by atoms with E-state index in [2.05, 4.69) is 5.32 Å². The number of allylic oxidation sites excluding steroid dienone is 3. The first-order valence-corrected chi connectivity index (χ1v) is 11.0. The van der Waals surface area contributed by atoms with E-state index in [1.807, 2.05) is 0 Å². The molecular formula is C24H28N2O9. The summed E-state index contributed by atoms with van der Waals surface area (Å²) < 4.78 is 15.4. The summed E-state index contributed by atoms with van der Waals surface area (Å²) in [5, 5.41) is 25.0. The summed E-state index contributed by atoms with van der Waals surface area (Å²) in [7, 11) is 2.41. The molecule has 2 aliphatic rings. The van der Waals surface area contributed by atoms with Crippen molar-refractivity contribution in [2.24, 2.45) is 11.8 Å². The highest BCUT2D eigenvalue weighted by molar-refractivity contribution is 6.12. The molecule has 0 aromatic heterocycles. The zero-order valence-corrected chi connectivity index (χ0v) is 20.3. The van der Waals surface area contributed by atoms with Crippen molar-refractivity contribution in [1.29, 1.82) is 0 Å². The SMILES string of the molecule is COC(=O)[C@@H]1C(=O)C2=C(C[C@@H]1C)NC(C)=C(C(=O)OC(C)C)[C@H]2c1cc(OC)c(O)c([N+](=O)[O-])c1. The molecule has 35 heavy (non-hydrogen) atoms. The Hall–Kier alpha value is -3.89. The largest absolute Gasteiger partial charge is 0.500 e. The van der Waals surface area contributed by atoms with Gasteiger partial charge in [-0.2, -0.15) is 0 Å². The number of hydrogen-bond donors (Lipinski definition) is 2. The predicted molar refractivity (Wildman–Crippen MR) is 122 cm³/mol. The van der Waals surface area contributed by atoms with Crippen molar-refractivity contribution in [3.8, 4) is 11.5 Å². The number of nitrogens with one attached hydrogen (secondary N) is 1. The molecule has 0 spiro atoms. The number of ketones is 1. The van der Waals surface area contributed by atoms with Gasteiger partial charge in [-0.3, -0.25) is 19.7 Å². The number of phenols is 1.